The van der Waals surface area contributed by atoms with Gasteiger partial charge in [0.15, 0.2) is 0 Å². The lowest BCUT2D eigenvalue weighted by Crippen LogP contribution is -1.84. The first-order valence-corrected chi connectivity index (χ1v) is 3.61. The van der Waals surface area contributed by atoms with Gasteiger partial charge in [-0.25, -0.2) is 0 Å². The van der Waals surface area contributed by atoms with Crippen LogP contribution in [0.2, 0.25) is 0 Å². The third-order valence-corrected chi connectivity index (χ3v) is 1.57. The Kier molecular flexibility index (Phi) is 2.45. The summed E-state index contributed by atoms with van der Waals surface area (Å²) < 4.78 is 1.03. The molecule has 3 heteroatoms. The van der Waals surface area contributed by atoms with Gasteiger partial charge in [0, 0.05) is 4.47 Å². The Bertz CT molecular complexity index is 245. The quantitative estimate of drug-likeness (QED) is 0.417. The average molecular weight is 199 g/mol. The van der Waals surface area contributed by atoms with Crippen molar-refractivity contribution in [1.82, 2.24) is 0 Å². The fourth-order valence-corrected chi connectivity index (χ4v) is 1.09. The summed E-state index contributed by atoms with van der Waals surface area (Å²) in [5, 5.41) is 3.40. The zero-order valence-corrected chi connectivity index (χ0v) is 6.88. The Hall–Kier alpha value is -0.830. The minimum atomic E-state index is 0.997. The summed E-state index contributed by atoms with van der Waals surface area (Å²) in [7, 11) is 0. The highest BCUT2D eigenvalue weighted by atomic mass is 79.9. The van der Waals surface area contributed by atoms with Gasteiger partial charge in [-0.2, -0.15) is 5.10 Å². The zero-order chi connectivity index (χ0) is 7.40. The van der Waals surface area contributed by atoms with Crippen LogP contribution in [0.4, 0.5) is 0 Å². The van der Waals surface area contributed by atoms with Gasteiger partial charge in [-0.3, -0.25) is 0 Å². The van der Waals surface area contributed by atoms with Crippen molar-refractivity contribution in [2.75, 3.05) is 0 Å². The Morgan fingerprint density at radius 2 is 2.30 bits per heavy atom. The van der Waals surface area contributed by atoms with E-state index in [4.69, 9.17) is 5.84 Å². The van der Waals surface area contributed by atoms with Crippen LogP contribution in [-0.2, 0) is 0 Å². The molecule has 2 N–H and O–H groups in total. The van der Waals surface area contributed by atoms with Gasteiger partial charge < -0.3 is 5.84 Å². The number of hydrogen-bond donors (Lipinski definition) is 1. The Balaban J connectivity index is 2.95. The summed E-state index contributed by atoms with van der Waals surface area (Å²) in [6.07, 6.45) is 1.60. The van der Waals surface area contributed by atoms with Crippen LogP contribution in [0.15, 0.2) is 33.8 Å². The van der Waals surface area contributed by atoms with Crippen LogP contribution in [0.5, 0.6) is 0 Å². The molecule has 1 aromatic carbocycles. The van der Waals surface area contributed by atoms with Gasteiger partial charge in [-0.1, -0.05) is 28.1 Å². The number of benzene rings is 1. The van der Waals surface area contributed by atoms with Gasteiger partial charge in [0.05, 0.1) is 6.21 Å². The molecule has 0 aliphatic carbocycles. The fourth-order valence-electron chi connectivity index (χ4n) is 0.673. The minimum absolute atomic E-state index is 0.997. The Morgan fingerprint density at radius 1 is 1.50 bits per heavy atom. The molecule has 0 saturated carbocycles. The van der Waals surface area contributed by atoms with Crippen LogP contribution in [0.25, 0.3) is 0 Å². The molecule has 0 radical (unpaired) electrons. The molecule has 0 saturated heterocycles. The fraction of sp³-hybridized carbons (Fsp3) is 0. The van der Waals surface area contributed by atoms with Gasteiger partial charge in [-0.15, -0.1) is 0 Å². The third kappa shape index (κ3) is 1.84. The molecular formula is C7H7BrN2. The van der Waals surface area contributed by atoms with Crippen LogP contribution in [0.3, 0.4) is 0 Å². The van der Waals surface area contributed by atoms with E-state index in [1.807, 2.05) is 24.3 Å². The smallest absolute Gasteiger partial charge is 0.0538 e. The highest BCUT2D eigenvalue weighted by Gasteiger charge is 1.86. The molecule has 0 amide bonds. The summed E-state index contributed by atoms with van der Waals surface area (Å²) in [5.41, 5.74) is 0.997. The number of rotatable bonds is 1. The van der Waals surface area contributed by atoms with E-state index in [2.05, 4.69) is 21.0 Å². The van der Waals surface area contributed by atoms with Crippen LogP contribution in [-0.4, -0.2) is 6.21 Å². The first-order chi connectivity index (χ1) is 4.83. The van der Waals surface area contributed by atoms with E-state index in [-0.39, 0.29) is 0 Å². The molecule has 0 heterocycles. The van der Waals surface area contributed by atoms with Gasteiger partial charge in [0.25, 0.3) is 0 Å². The van der Waals surface area contributed by atoms with Gasteiger partial charge in [-0.05, 0) is 17.7 Å². The van der Waals surface area contributed by atoms with Crippen molar-refractivity contribution in [3.63, 3.8) is 0 Å². The first-order valence-electron chi connectivity index (χ1n) is 2.82. The van der Waals surface area contributed by atoms with Gasteiger partial charge >= 0.3 is 0 Å². The maximum Gasteiger partial charge on any atom is 0.0538 e. The number of nitrogens with zero attached hydrogens (tertiary/aromatic N) is 1. The molecule has 0 fully saturated rings. The van der Waals surface area contributed by atoms with Gasteiger partial charge in [0.1, 0.15) is 0 Å². The lowest BCUT2D eigenvalue weighted by molar-refractivity contribution is 1.26. The number of halogens is 1. The maximum atomic E-state index is 4.96. The first kappa shape index (κ1) is 7.28. The molecule has 1 rings (SSSR count). The standard InChI is InChI=1S/C7H7BrN2/c8-7-3-1-2-6(4-7)5-10-9/h1-5H,9H2. The van der Waals surface area contributed by atoms with E-state index in [1.54, 1.807) is 6.21 Å². The largest absolute Gasteiger partial charge is 0.323 e. The van der Waals surface area contributed by atoms with Crippen LogP contribution in [0.1, 0.15) is 5.56 Å². The third-order valence-electron chi connectivity index (χ3n) is 1.07. The molecule has 0 bridgehead atoms. The van der Waals surface area contributed by atoms with E-state index in [9.17, 15) is 0 Å². The monoisotopic (exact) mass is 198 g/mol. The molecule has 10 heavy (non-hydrogen) atoms. The van der Waals surface area contributed by atoms with Crippen molar-refractivity contribution < 1.29 is 0 Å². The topological polar surface area (TPSA) is 38.4 Å². The van der Waals surface area contributed by atoms with Crippen molar-refractivity contribution in [1.29, 1.82) is 0 Å². The highest BCUT2D eigenvalue weighted by molar-refractivity contribution is 9.10. The molecule has 0 aliphatic rings. The number of hydrogen-bond acceptors (Lipinski definition) is 2. The minimum Gasteiger partial charge on any atom is -0.323 e. The molecular weight excluding hydrogens is 192 g/mol. The van der Waals surface area contributed by atoms with E-state index >= 15 is 0 Å². The highest BCUT2D eigenvalue weighted by Crippen LogP contribution is 2.09. The zero-order valence-electron chi connectivity index (χ0n) is 5.29. The van der Waals surface area contributed by atoms with Gasteiger partial charge in [0.2, 0.25) is 0 Å². The van der Waals surface area contributed by atoms with Crippen LogP contribution < -0.4 is 5.84 Å². The van der Waals surface area contributed by atoms with Crippen molar-refractivity contribution in [2.24, 2.45) is 10.9 Å². The predicted octanol–water partition coefficient (Wildman–Crippen LogP) is 1.74. The second-order valence-corrected chi connectivity index (χ2v) is 2.75. The lowest BCUT2D eigenvalue weighted by atomic mass is 10.2. The maximum absolute atomic E-state index is 4.96. The summed E-state index contributed by atoms with van der Waals surface area (Å²) >= 11 is 3.33. The van der Waals surface area contributed by atoms with Crippen molar-refractivity contribution in [3.05, 3.63) is 34.3 Å². The normalized spacial score (nSPS) is 10.5. The van der Waals surface area contributed by atoms with Crippen LogP contribution in [0, 0.1) is 0 Å². The molecule has 52 valence electrons. The average Bonchev–Trinajstić information content (AvgIpc) is 1.88. The summed E-state index contributed by atoms with van der Waals surface area (Å²) in [5.74, 6) is 4.96. The van der Waals surface area contributed by atoms with Crippen molar-refractivity contribution in [2.45, 2.75) is 0 Å². The van der Waals surface area contributed by atoms with Crippen molar-refractivity contribution >= 4 is 22.1 Å². The lowest BCUT2D eigenvalue weighted by Gasteiger charge is -1.90. The van der Waals surface area contributed by atoms with E-state index in [1.165, 1.54) is 0 Å². The Morgan fingerprint density at radius 3 is 2.90 bits per heavy atom. The van der Waals surface area contributed by atoms with E-state index in [0.717, 1.165) is 10.0 Å². The molecule has 0 atom stereocenters. The number of nitrogens with two attached hydrogens (primary N) is 1. The van der Waals surface area contributed by atoms with E-state index in [0.29, 0.717) is 0 Å². The summed E-state index contributed by atoms with van der Waals surface area (Å²) in [6.45, 7) is 0. The second kappa shape index (κ2) is 3.37. The number of hydrazone groups is 1. The predicted molar refractivity (Wildman–Crippen MR) is 45.9 cm³/mol. The Labute approximate surface area is 67.9 Å². The molecule has 2 nitrogen and oxygen atoms in total. The molecule has 0 aliphatic heterocycles. The molecule has 0 unspecified atom stereocenters. The second-order valence-electron chi connectivity index (χ2n) is 1.83. The molecule has 1 aromatic rings. The van der Waals surface area contributed by atoms with Crippen molar-refractivity contribution in [3.8, 4) is 0 Å². The van der Waals surface area contributed by atoms with E-state index < -0.39 is 0 Å². The summed E-state index contributed by atoms with van der Waals surface area (Å²) in [4.78, 5) is 0. The SMILES string of the molecule is NN=Cc1cccc(Br)c1. The molecule has 0 aromatic heterocycles. The van der Waals surface area contributed by atoms with Crippen LogP contribution >= 0.6 is 15.9 Å². The summed E-state index contributed by atoms with van der Waals surface area (Å²) in [6, 6.07) is 7.76. The molecule has 0 spiro atoms.